The van der Waals surface area contributed by atoms with E-state index >= 15 is 0 Å². The molecule has 0 spiro atoms. The molecule has 1 saturated heterocycles. The number of nitrogens with one attached hydrogen (secondary N) is 1. The lowest BCUT2D eigenvalue weighted by molar-refractivity contribution is -0.125. The predicted octanol–water partition coefficient (Wildman–Crippen LogP) is 1.08. The van der Waals surface area contributed by atoms with Gasteiger partial charge in [0.1, 0.15) is 0 Å². The second-order valence-corrected chi connectivity index (χ2v) is 7.83. The fraction of sp³-hybridized carbons (Fsp3) is 0.500. The molecule has 2 amide bonds. The van der Waals surface area contributed by atoms with Gasteiger partial charge in [-0.05, 0) is 25.0 Å². The van der Waals surface area contributed by atoms with Gasteiger partial charge in [0.25, 0.3) is 5.91 Å². The van der Waals surface area contributed by atoms with E-state index in [0.717, 1.165) is 0 Å². The molecule has 7 heteroatoms. The number of piperidine rings is 1. The van der Waals surface area contributed by atoms with Gasteiger partial charge in [-0.2, -0.15) is 0 Å². The summed E-state index contributed by atoms with van der Waals surface area (Å²) in [7, 11) is -1.85. The normalized spacial score (nSPS) is 16.2. The minimum atomic E-state index is -3.45. The first-order valence-electron chi connectivity index (χ1n) is 7.73. The number of hydrogen-bond acceptors (Lipinski definition) is 4. The Balaban J connectivity index is 2.19. The van der Waals surface area contributed by atoms with E-state index in [0.29, 0.717) is 25.9 Å². The lowest BCUT2D eigenvalue weighted by atomic mass is 9.95. The Hall–Kier alpha value is -1.89. The Morgan fingerprint density at radius 1 is 1.22 bits per heavy atom. The number of benzene rings is 1. The quantitative estimate of drug-likeness (QED) is 0.890. The lowest BCUT2D eigenvalue weighted by Crippen LogP contribution is -2.42. The van der Waals surface area contributed by atoms with Crippen molar-refractivity contribution >= 4 is 21.7 Å². The van der Waals surface area contributed by atoms with E-state index in [4.69, 9.17) is 0 Å². The van der Waals surface area contributed by atoms with Crippen LogP contribution in [-0.2, 0) is 14.6 Å². The van der Waals surface area contributed by atoms with Gasteiger partial charge in [-0.1, -0.05) is 19.1 Å². The molecule has 0 aromatic heterocycles. The van der Waals surface area contributed by atoms with Crippen molar-refractivity contribution in [3.8, 4) is 0 Å². The molecular weight excluding hydrogens is 316 g/mol. The van der Waals surface area contributed by atoms with Crippen molar-refractivity contribution in [1.29, 1.82) is 0 Å². The second-order valence-electron chi connectivity index (χ2n) is 5.58. The summed E-state index contributed by atoms with van der Waals surface area (Å²) in [5.41, 5.74) is 0.216. The summed E-state index contributed by atoms with van der Waals surface area (Å²) in [4.78, 5) is 26.0. The van der Waals surface area contributed by atoms with Crippen LogP contribution in [0.1, 0.15) is 30.1 Å². The van der Waals surface area contributed by atoms with E-state index in [1.807, 2.05) is 0 Å². The van der Waals surface area contributed by atoms with Crippen molar-refractivity contribution in [1.82, 2.24) is 10.2 Å². The minimum absolute atomic E-state index is 0.00828. The van der Waals surface area contributed by atoms with Crippen LogP contribution in [0.3, 0.4) is 0 Å². The molecule has 1 aromatic rings. The van der Waals surface area contributed by atoms with E-state index < -0.39 is 9.84 Å². The summed E-state index contributed by atoms with van der Waals surface area (Å²) in [5, 5.41) is 2.63. The molecule has 0 saturated carbocycles. The van der Waals surface area contributed by atoms with Crippen LogP contribution in [0.4, 0.5) is 0 Å². The molecule has 1 fully saturated rings. The van der Waals surface area contributed by atoms with Crippen molar-refractivity contribution in [3.05, 3.63) is 29.8 Å². The molecule has 1 aliphatic heterocycles. The van der Waals surface area contributed by atoms with E-state index in [1.165, 1.54) is 6.07 Å². The zero-order chi connectivity index (χ0) is 17.0. The fourth-order valence-corrected chi connectivity index (χ4v) is 3.88. The topological polar surface area (TPSA) is 83.6 Å². The molecule has 1 aromatic carbocycles. The molecule has 1 N–H and O–H groups in total. The predicted molar refractivity (Wildman–Crippen MR) is 86.9 cm³/mol. The number of sulfone groups is 1. The number of rotatable bonds is 4. The highest BCUT2D eigenvalue weighted by Crippen LogP contribution is 2.23. The van der Waals surface area contributed by atoms with Crippen LogP contribution >= 0.6 is 0 Å². The first-order chi connectivity index (χ1) is 10.9. The Morgan fingerprint density at radius 3 is 2.39 bits per heavy atom. The molecule has 126 valence electrons. The molecule has 2 rings (SSSR count). The van der Waals surface area contributed by atoms with Gasteiger partial charge in [0.15, 0.2) is 9.84 Å². The average Bonchev–Trinajstić information content (AvgIpc) is 2.60. The zero-order valence-corrected chi connectivity index (χ0v) is 14.2. The zero-order valence-electron chi connectivity index (χ0n) is 13.4. The lowest BCUT2D eigenvalue weighted by Gasteiger charge is -2.31. The van der Waals surface area contributed by atoms with Gasteiger partial charge in [-0.25, -0.2) is 8.42 Å². The first-order valence-corrected chi connectivity index (χ1v) is 9.38. The Morgan fingerprint density at radius 2 is 1.83 bits per heavy atom. The molecular formula is C16H22N2O4S. The van der Waals surface area contributed by atoms with E-state index in [9.17, 15) is 18.0 Å². The summed E-state index contributed by atoms with van der Waals surface area (Å²) in [6.07, 6.45) is 1.18. The van der Waals surface area contributed by atoms with E-state index in [-0.39, 0.29) is 33.9 Å². The third-order valence-electron chi connectivity index (χ3n) is 4.23. The number of carbonyl (C=O) groups is 2. The second kappa shape index (κ2) is 7.12. The molecule has 0 atom stereocenters. The fourth-order valence-electron chi connectivity index (χ4n) is 2.79. The molecule has 1 heterocycles. The van der Waals surface area contributed by atoms with Crippen LogP contribution in [-0.4, -0.2) is 51.0 Å². The van der Waals surface area contributed by atoms with E-state index in [2.05, 4.69) is 5.32 Å². The molecule has 1 aliphatic rings. The van der Waals surface area contributed by atoms with Gasteiger partial charge in [0.05, 0.1) is 16.2 Å². The van der Waals surface area contributed by atoms with Crippen molar-refractivity contribution in [3.63, 3.8) is 0 Å². The molecule has 0 bridgehead atoms. The van der Waals surface area contributed by atoms with Crippen molar-refractivity contribution in [2.45, 2.75) is 24.7 Å². The average molecular weight is 338 g/mol. The van der Waals surface area contributed by atoms with Crippen LogP contribution in [0, 0.1) is 5.92 Å². The molecule has 0 unspecified atom stereocenters. The highest BCUT2D eigenvalue weighted by Gasteiger charge is 2.29. The minimum Gasteiger partial charge on any atom is -0.359 e. The SMILES string of the molecule is CCS(=O)(=O)c1ccccc1C(=O)N1CCC(C(=O)NC)CC1. The Labute approximate surface area is 136 Å². The first kappa shape index (κ1) is 17.5. The number of nitrogens with zero attached hydrogens (tertiary/aromatic N) is 1. The number of amides is 2. The Kier molecular flexibility index (Phi) is 5.41. The summed E-state index contributed by atoms with van der Waals surface area (Å²) >= 11 is 0. The van der Waals surface area contributed by atoms with Crippen LogP contribution in [0.5, 0.6) is 0 Å². The smallest absolute Gasteiger partial charge is 0.255 e. The van der Waals surface area contributed by atoms with Crippen molar-refractivity contribution in [2.75, 3.05) is 25.9 Å². The van der Waals surface area contributed by atoms with Gasteiger partial charge in [-0.15, -0.1) is 0 Å². The maximum atomic E-state index is 12.7. The van der Waals surface area contributed by atoms with Crippen LogP contribution in [0.2, 0.25) is 0 Å². The maximum Gasteiger partial charge on any atom is 0.255 e. The molecule has 0 aliphatic carbocycles. The van der Waals surface area contributed by atoms with Crippen molar-refractivity contribution < 1.29 is 18.0 Å². The molecule has 0 radical (unpaired) electrons. The summed E-state index contributed by atoms with van der Waals surface area (Å²) in [6.45, 7) is 2.47. The maximum absolute atomic E-state index is 12.7. The third kappa shape index (κ3) is 3.72. The van der Waals surface area contributed by atoms with Gasteiger partial charge in [-0.3, -0.25) is 9.59 Å². The number of likely N-dealkylation sites (tertiary alicyclic amines) is 1. The molecule has 6 nitrogen and oxygen atoms in total. The van der Waals surface area contributed by atoms with Gasteiger partial charge < -0.3 is 10.2 Å². The van der Waals surface area contributed by atoms with Crippen LogP contribution < -0.4 is 5.32 Å². The number of hydrogen-bond donors (Lipinski definition) is 1. The van der Waals surface area contributed by atoms with E-state index in [1.54, 1.807) is 37.1 Å². The third-order valence-corrected chi connectivity index (χ3v) is 6.02. The standard InChI is InChI=1S/C16H22N2O4S/c1-3-23(21,22)14-7-5-4-6-13(14)16(20)18-10-8-12(9-11-18)15(19)17-2/h4-7,12H,3,8-11H2,1-2H3,(H,17,19). The van der Waals surface area contributed by atoms with Crippen LogP contribution in [0.25, 0.3) is 0 Å². The summed E-state index contributed by atoms with van der Waals surface area (Å²) in [6, 6.07) is 6.31. The summed E-state index contributed by atoms with van der Waals surface area (Å²) < 4.78 is 24.3. The van der Waals surface area contributed by atoms with Gasteiger partial charge in [0.2, 0.25) is 5.91 Å². The van der Waals surface area contributed by atoms with Gasteiger partial charge >= 0.3 is 0 Å². The van der Waals surface area contributed by atoms with Gasteiger partial charge in [0, 0.05) is 26.1 Å². The largest absolute Gasteiger partial charge is 0.359 e. The van der Waals surface area contributed by atoms with Crippen LogP contribution in [0.15, 0.2) is 29.2 Å². The monoisotopic (exact) mass is 338 g/mol. The Bertz CT molecular complexity index is 692. The number of carbonyl (C=O) groups excluding carboxylic acids is 2. The highest BCUT2D eigenvalue weighted by atomic mass is 32.2. The summed E-state index contributed by atoms with van der Waals surface area (Å²) in [5.74, 6) is -0.423. The molecule has 23 heavy (non-hydrogen) atoms. The highest BCUT2D eigenvalue weighted by molar-refractivity contribution is 7.91. The van der Waals surface area contributed by atoms with Crippen molar-refractivity contribution in [2.24, 2.45) is 5.92 Å².